The van der Waals surface area contributed by atoms with Crippen molar-refractivity contribution in [3.05, 3.63) is 46.0 Å². The van der Waals surface area contributed by atoms with Crippen LogP contribution < -0.4 is 4.90 Å². The Kier molecular flexibility index (Phi) is 3.44. The zero-order chi connectivity index (χ0) is 14.1. The molecule has 106 valence electrons. The first-order chi connectivity index (χ1) is 9.65. The highest BCUT2D eigenvalue weighted by Gasteiger charge is 2.31. The van der Waals surface area contributed by atoms with E-state index in [9.17, 15) is 10.1 Å². The molecule has 0 aromatic heterocycles. The van der Waals surface area contributed by atoms with Crippen LogP contribution in [0, 0.1) is 17.0 Å². The van der Waals surface area contributed by atoms with Gasteiger partial charge >= 0.3 is 0 Å². The zero-order valence-electron chi connectivity index (χ0n) is 11.7. The van der Waals surface area contributed by atoms with E-state index < -0.39 is 0 Å². The van der Waals surface area contributed by atoms with E-state index in [-0.39, 0.29) is 10.6 Å². The summed E-state index contributed by atoms with van der Waals surface area (Å²) in [5.74, 6) is 0. The molecule has 1 atom stereocenters. The number of benzene rings is 1. The van der Waals surface area contributed by atoms with Crippen molar-refractivity contribution in [3.63, 3.8) is 0 Å². The fourth-order valence-electron chi connectivity index (χ4n) is 3.10. The second-order valence-electron chi connectivity index (χ2n) is 5.56. The molecule has 0 amide bonds. The maximum atomic E-state index is 11.2. The number of hydrogen-bond acceptors (Lipinski definition) is 4. The molecule has 0 spiro atoms. The molecule has 0 bridgehead atoms. The summed E-state index contributed by atoms with van der Waals surface area (Å²) in [5, 5.41) is 11.2. The Bertz CT molecular complexity index is 548. The number of rotatable bonds is 3. The van der Waals surface area contributed by atoms with Crippen molar-refractivity contribution in [1.29, 1.82) is 0 Å². The summed E-state index contributed by atoms with van der Waals surface area (Å²) in [6, 6.07) is 6.01. The number of anilines is 1. The predicted octanol–water partition coefficient (Wildman–Crippen LogP) is 2.35. The van der Waals surface area contributed by atoms with Gasteiger partial charge in [0.2, 0.25) is 0 Å². The number of nitro groups is 1. The number of aryl methyl sites for hydroxylation is 1. The van der Waals surface area contributed by atoms with Crippen LogP contribution in [0.25, 0.3) is 0 Å². The molecule has 3 rings (SSSR count). The van der Waals surface area contributed by atoms with Crippen LogP contribution in [0.5, 0.6) is 0 Å². The van der Waals surface area contributed by atoms with Gasteiger partial charge in [0, 0.05) is 38.3 Å². The van der Waals surface area contributed by atoms with E-state index >= 15 is 0 Å². The Morgan fingerprint density at radius 3 is 2.75 bits per heavy atom. The van der Waals surface area contributed by atoms with Crippen molar-refractivity contribution in [2.45, 2.75) is 19.4 Å². The van der Waals surface area contributed by atoms with Crippen molar-refractivity contribution in [3.8, 4) is 0 Å². The molecule has 2 aliphatic heterocycles. The Hall–Kier alpha value is -1.88. The third kappa shape index (κ3) is 2.41. The van der Waals surface area contributed by atoms with Gasteiger partial charge in [0.05, 0.1) is 4.92 Å². The lowest BCUT2D eigenvalue weighted by atomic mass is 10.2. The maximum absolute atomic E-state index is 11.2. The molecule has 0 radical (unpaired) electrons. The van der Waals surface area contributed by atoms with Gasteiger partial charge < -0.3 is 4.90 Å². The summed E-state index contributed by atoms with van der Waals surface area (Å²) in [6.45, 7) is 5.68. The van der Waals surface area contributed by atoms with Crippen LogP contribution in [0.2, 0.25) is 0 Å². The first kappa shape index (κ1) is 13.1. The summed E-state index contributed by atoms with van der Waals surface area (Å²) in [6.07, 6.45) is 5.46. The molecule has 2 aliphatic rings. The zero-order valence-corrected chi connectivity index (χ0v) is 11.7. The van der Waals surface area contributed by atoms with Gasteiger partial charge in [0.25, 0.3) is 5.69 Å². The van der Waals surface area contributed by atoms with Crippen LogP contribution in [0.3, 0.4) is 0 Å². The fourth-order valence-corrected chi connectivity index (χ4v) is 3.10. The van der Waals surface area contributed by atoms with Gasteiger partial charge in [-0.3, -0.25) is 15.0 Å². The van der Waals surface area contributed by atoms with Crippen molar-refractivity contribution in [2.75, 3.05) is 31.1 Å². The fraction of sp³-hybridized carbons (Fsp3) is 0.467. The SMILES string of the molecule is Cc1ccc(N2CCC(N3CC=CC3)C2)c([N+](=O)[O-])c1. The highest BCUT2D eigenvalue weighted by atomic mass is 16.6. The molecule has 0 saturated carbocycles. The quantitative estimate of drug-likeness (QED) is 0.482. The number of nitro benzene ring substituents is 1. The molecule has 1 fully saturated rings. The van der Waals surface area contributed by atoms with E-state index in [1.165, 1.54) is 0 Å². The monoisotopic (exact) mass is 273 g/mol. The van der Waals surface area contributed by atoms with E-state index in [4.69, 9.17) is 0 Å². The van der Waals surface area contributed by atoms with Crippen LogP contribution in [-0.4, -0.2) is 42.0 Å². The van der Waals surface area contributed by atoms with Crippen molar-refractivity contribution in [1.82, 2.24) is 4.90 Å². The van der Waals surface area contributed by atoms with E-state index in [2.05, 4.69) is 22.0 Å². The summed E-state index contributed by atoms with van der Waals surface area (Å²) < 4.78 is 0. The number of hydrogen-bond donors (Lipinski definition) is 0. The molecule has 5 heteroatoms. The lowest BCUT2D eigenvalue weighted by molar-refractivity contribution is -0.384. The Balaban J connectivity index is 1.79. The van der Waals surface area contributed by atoms with Crippen molar-refractivity contribution in [2.24, 2.45) is 0 Å². The van der Waals surface area contributed by atoms with Gasteiger partial charge in [-0.05, 0) is 25.0 Å². The van der Waals surface area contributed by atoms with Gasteiger partial charge in [-0.1, -0.05) is 18.2 Å². The average Bonchev–Trinajstić information content (AvgIpc) is 3.09. The summed E-state index contributed by atoms with van der Waals surface area (Å²) >= 11 is 0. The average molecular weight is 273 g/mol. The first-order valence-electron chi connectivity index (χ1n) is 7.04. The van der Waals surface area contributed by atoms with Crippen molar-refractivity contribution >= 4 is 11.4 Å². The summed E-state index contributed by atoms with van der Waals surface area (Å²) in [4.78, 5) is 15.5. The minimum atomic E-state index is -0.271. The van der Waals surface area contributed by atoms with Crippen LogP contribution in [0.15, 0.2) is 30.4 Å². The van der Waals surface area contributed by atoms with E-state index in [0.29, 0.717) is 6.04 Å². The van der Waals surface area contributed by atoms with Crippen LogP contribution >= 0.6 is 0 Å². The minimum Gasteiger partial charge on any atom is -0.364 e. The van der Waals surface area contributed by atoms with E-state index in [1.807, 2.05) is 19.1 Å². The maximum Gasteiger partial charge on any atom is 0.292 e. The van der Waals surface area contributed by atoms with Crippen LogP contribution in [0.4, 0.5) is 11.4 Å². The van der Waals surface area contributed by atoms with Crippen LogP contribution in [0.1, 0.15) is 12.0 Å². The van der Waals surface area contributed by atoms with E-state index in [1.54, 1.807) is 6.07 Å². The van der Waals surface area contributed by atoms with Gasteiger partial charge in [-0.2, -0.15) is 0 Å². The lowest BCUT2D eigenvalue weighted by Crippen LogP contribution is -2.35. The predicted molar refractivity (Wildman–Crippen MR) is 79.2 cm³/mol. The molecule has 1 unspecified atom stereocenters. The van der Waals surface area contributed by atoms with Gasteiger partial charge in [-0.15, -0.1) is 0 Å². The van der Waals surface area contributed by atoms with Gasteiger partial charge in [-0.25, -0.2) is 0 Å². The second-order valence-corrected chi connectivity index (χ2v) is 5.56. The third-order valence-corrected chi connectivity index (χ3v) is 4.19. The van der Waals surface area contributed by atoms with Gasteiger partial charge in [0.15, 0.2) is 0 Å². The highest BCUT2D eigenvalue weighted by Crippen LogP contribution is 2.32. The third-order valence-electron chi connectivity index (χ3n) is 4.19. The minimum absolute atomic E-state index is 0.227. The Morgan fingerprint density at radius 2 is 2.05 bits per heavy atom. The van der Waals surface area contributed by atoms with Crippen LogP contribution in [-0.2, 0) is 0 Å². The second kappa shape index (κ2) is 5.25. The Labute approximate surface area is 118 Å². The standard InChI is InChI=1S/C15H19N3O2/c1-12-4-5-14(15(10-12)18(19)20)17-9-6-13(11-17)16-7-2-3-8-16/h2-5,10,13H,6-9,11H2,1H3. The molecule has 20 heavy (non-hydrogen) atoms. The van der Waals surface area contributed by atoms with Crippen molar-refractivity contribution < 1.29 is 4.92 Å². The highest BCUT2D eigenvalue weighted by molar-refractivity contribution is 5.64. The smallest absolute Gasteiger partial charge is 0.292 e. The molecule has 1 aromatic rings. The summed E-state index contributed by atoms with van der Waals surface area (Å²) in [7, 11) is 0. The largest absolute Gasteiger partial charge is 0.364 e. The van der Waals surface area contributed by atoms with Gasteiger partial charge in [0.1, 0.15) is 5.69 Å². The molecule has 1 saturated heterocycles. The molecule has 0 N–H and O–H groups in total. The molecule has 5 nitrogen and oxygen atoms in total. The Morgan fingerprint density at radius 1 is 1.30 bits per heavy atom. The molecular weight excluding hydrogens is 254 g/mol. The number of nitrogens with zero attached hydrogens (tertiary/aromatic N) is 3. The molecular formula is C15H19N3O2. The molecule has 1 aromatic carbocycles. The summed E-state index contributed by atoms with van der Waals surface area (Å²) in [5.41, 5.74) is 1.92. The molecule has 0 aliphatic carbocycles. The van der Waals surface area contributed by atoms with E-state index in [0.717, 1.165) is 43.9 Å². The normalized spacial score (nSPS) is 22.6. The first-order valence-corrected chi connectivity index (χ1v) is 7.04. The lowest BCUT2D eigenvalue weighted by Gasteiger charge is -2.24. The topological polar surface area (TPSA) is 49.6 Å². The molecule has 2 heterocycles.